The van der Waals surface area contributed by atoms with Gasteiger partial charge in [0.2, 0.25) is 5.91 Å². The minimum absolute atomic E-state index is 0.0662. The van der Waals surface area contributed by atoms with Crippen molar-refractivity contribution in [3.8, 4) is 0 Å². The molecule has 20 heavy (non-hydrogen) atoms. The fourth-order valence-corrected chi connectivity index (χ4v) is 6.66. The first kappa shape index (κ1) is 14.7. The molecule has 0 heterocycles. The minimum Gasteiger partial charge on any atom is -0.347 e. The van der Waals surface area contributed by atoms with E-state index in [-0.39, 0.29) is 16.2 Å². The molecule has 114 valence electrons. The Morgan fingerprint density at radius 2 is 1.80 bits per heavy atom. The maximum Gasteiger partial charge on any atom is 0.405 e. The van der Waals surface area contributed by atoms with Crippen molar-refractivity contribution >= 4 is 21.8 Å². The van der Waals surface area contributed by atoms with Crippen molar-refractivity contribution in [1.82, 2.24) is 5.32 Å². The lowest BCUT2D eigenvalue weighted by Crippen LogP contribution is -2.54. The lowest BCUT2D eigenvalue weighted by atomic mass is 9.48. The summed E-state index contributed by atoms with van der Waals surface area (Å²) in [6.07, 6.45) is 2.44. The van der Waals surface area contributed by atoms with Crippen LogP contribution in [0.4, 0.5) is 13.2 Å². The number of hydrogen-bond acceptors (Lipinski definition) is 1. The lowest BCUT2D eigenvalue weighted by Gasteiger charge is -2.60. The standard InChI is InChI=1S/C14H19BrF3NO/c15-13-4-9-1-10(5-13)3-12(2-9,7-13)6-11(20)19-8-14(16,17)18/h9-10H,1-8H2,(H,19,20). The molecule has 1 N–H and O–H groups in total. The highest BCUT2D eigenvalue weighted by Gasteiger charge is 2.57. The fraction of sp³-hybridized carbons (Fsp3) is 0.929. The van der Waals surface area contributed by atoms with E-state index in [0.717, 1.165) is 32.1 Å². The molecule has 0 aromatic carbocycles. The van der Waals surface area contributed by atoms with Gasteiger partial charge in [0.05, 0.1) is 0 Å². The van der Waals surface area contributed by atoms with Crippen molar-refractivity contribution in [1.29, 1.82) is 0 Å². The van der Waals surface area contributed by atoms with E-state index in [2.05, 4.69) is 15.9 Å². The number of rotatable bonds is 3. The number of amides is 1. The third-order valence-electron chi connectivity index (χ3n) is 5.13. The Labute approximate surface area is 125 Å². The largest absolute Gasteiger partial charge is 0.405 e. The van der Waals surface area contributed by atoms with Crippen LogP contribution in [0.25, 0.3) is 0 Å². The summed E-state index contributed by atoms with van der Waals surface area (Å²) < 4.78 is 36.6. The van der Waals surface area contributed by atoms with Crippen LogP contribution in [0, 0.1) is 17.3 Å². The molecule has 0 radical (unpaired) electrons. The number of nitrogens with one attached hydrogen (secondary N) is 1. The van der Waals surface area contributed by atoms with Crippen LogP contribution >= 0.6 is 15.9 Å². The molecule has 4 saturated carbocycles. The van der Waals surface area contributed by atoms with Crippen LogP contribution in [0.3, 0.4) is 0 Å². The molecule has 0 saturated heterocycles. The summed E-state index contributed by atoms with van der Waals surface area (Å²) in [6, 6.07) is 0. The van der Waals surface area contributed by atoms with E-state index in [4.69, 9.17) is 0 Å². The van der Waals surface area contributed by atoms with Crippen LogP contribution < -0.4 is 5.32 Å². The van der Waals surface area contributed by atoms with E-state index >= 15 is 0 Å². The summed E-state index contributed by atoms with van der Waals surface area (Å²) in [5.41, 5.74) is -0.0662. The molecule has 0 aromatic heterocycles. The van der Waals surface area contributed by atoms with Gasteiger partial charge in [-0.1, -0.05) is 15.9 Å². The van der Waals surface area contributed by atoms with Gasteiger partial charge in [0.1, 0.15) is 6.54 Å². The van der Waals surface area contributed by atoms with Crippen LogP contribution in [0.5, 0.6) is 0 Å². The number of carbonyl (C=O) groups is 1. The maximum atomic E-state index is 12.2. The van der Waals surface area contributed by atoms with Gasteiger partial charge in [-0.05, 0) is 55.8 Å². The first-order valence-corrected chi connectivity index (χ1v) is 7.99. The van der Waals surface area contributed by atoms with Crippen molar-refractivity contribution in [3.05, 3.63) is 0 Å². The zero-order valence-electron chi connectivity index (χ0n) is 11.2. The first-order chi connectivity index (χ1) is 9.17. The highest BCUT2D eigenvalue weighted by Crippen LogP contribution is 2.65. The molecule has 0 aliphatic heterocycles. The molecule has 0 aromatic rings. The third-order valence-corrected chi connectivity index (χ3v) is 6.06. The molecule has 2 unspecified atom stereocenters. The molecule has 4 fully saturated rings. The van der Waals surface area contributed by atoms with Crippen LogP contribution in [-0.4, -0.2) is 23.0 Å². The highest BCUT2D eigenvalue weighted by atomic mass is 79.9. The molecular weight excluding hydrogens is 335 g/mol. The lowest BCUT2D eigenvalue weighted by molar-refractivity contribution is -0.142. The van der Waals surface area contributed by atoms with Gasteiger partial charge in [0.15, 0.2) is 0 Å². The van der Waals surface area contributed by atoms with Crippen LogP contribution in [0.2, 0.25) is 0 Å². The van der Waals surface area contributed by atoms with Crippen LogP contribution in [-0.2, 0) is 4.79 Å². The van der Waals surface area contributed by atoms with E-state index in [9.17, 15) is 18.0 Å². The van der Waals surface area contributed by atoms with Crippen molar-refractivity contribution in [2.45, 2.75) is 55.4 Å². The summed E-state index contributed by atoms with van der Waals surface area (Å²) in [4.78, 5) is 11.9. The van der Waals surface area contributed by atoms with Crippen molar-refractivity contribution in [2.75, 3.05) is 6.54 Å². The molecule has 4 aliphatic rings. The summed E-state index contributed by atoms with van der Waals surface area (Å²) >= 11 is 3.84. The predicted octanol–water partition coefficient (Wildman–Crippen LogP) is 3.79. The second kappa shape index (κ2) is 4.62. The molecule has 0 spiro atoms. The average Bonchev–Trinajstić information content (AvgIpc) is 2.21. The number of alkyl halides is 4. The van der Waals surface area contributed by atoms with Crippen LogP contribution in [0.15, 0.2) is 0 Å². The topological polar surface area (TPSA) is 29.1 Å². The molecule has 2 nitrogen and oxygen atoms in total. The average molecular weight is 354 g/mol. The Kier molecular flexibility index (Phi) is 3.39. The third kappa shape index (κ3) is 3.00. The normalized spacial score (nSPS) is 42.8. The van der Waals surface area contributed by atoms with Gasteiger partial charge in [-0.15, -0.1) is 0 Å². The summed E-state index contributed by atoms with van der Waals surface area (Å²) in [7, 11) is 0. The van der Waals surface area contributed by atoms with Gasteiger partial charge in [0, 0.05) is 10.7 Å². The van der Waals surface area contributed by atoms with Gasteiger partial charge in [-0.3, -0.25) is 4.79 Å². The number of hydrogen-bond donors (Lipinski definition) is 1. The monoisotopic (exact) mass is 353 g/mol. The summed E-state index contributed by atoms with van der Waals surface area (Å²) in [5.74, 6) is 0.845. The smallest absolute Gasteiger partial charge is 0.347 e. The van der Waals surface area contributed by atoms with Gasteiger partial charge in [-0.2, -0.15) is 13.2 Å². The van der Waals surface area contributed by atoms with E-state index in [1.165, 1.54) is 6.42 Å². The molecular formula is C14H19BrF3NO. The maximum absolute atomic E-state index is 12.2. The summed E-state index contributed by atoms with van der Waals surface area (Å²) in [6.45, 7) is -1.21. The minimum atomic E-state index is -4.33. The Bertz CT molecular complexity index is 409. The van der Waals surface area contributed by atoms with Crippen molar-refractivity contribution < 1.29 is 18.0 Å². The van der Waals surface area contributed by atoms with Gasteiger partial charge >= 0.3 is 6.18 Å². The second-order valence-corrected chi connectivity index (χ2v) is 8.86. The first-order valence-electron chi connectivity index (χ1n) is 7.20. The zero-order valence-corrected chi connectivity index (χ0v) is 12.8. The van der Waals surface area contributed by atoms with E-state index in [1.54, 1.807) is 0 Å². The Hall–Kier alpha value is -0.260. The summed E-state index contributed by atoms with van der Waals surface area (Å²) in [5, 5.41) is 2.03. The zero-order chi connectivity index (χ0) is 14.6. The van der Waals surface area contributed by atoms with E-state index in [0.29, 0.717) is 11.8 Å². The van der Waals surface area contributed by atoms with Crippen molar-refractivity contribution in [2.24, 2.45) is 17.3 Å². The molecule has 1 amide bonds. The molecule has 4 aliphatic carbocycles. The number of carbonyl (C=O) groups excluding carboxylic acids is 1. The fourth-order valence-electron chi connectivity index (χ4n) is 5.14. The van der Waals surface area contributed by atoms with Gasteiger partial charge < -0.3 is 5.32 Å². The van der Waals surface area contributed by atoms with E-state index in [1.807, 2.05) is 5.32 Å². The van der Waals surface area contributed by atoms with Crippen LogP contribution in [0.1, 0.15) is 44.9 Å². The second-order valence-electron chi connectivity index (χ2n) is 7.18. The van der Waals surface area contributed by atoms with E-state index < -0.39 is 18.6 Å². The predicted molar refractivity (Wildman–Crippen MR) is 72.5 cm³/mol. The van der Waals surface area contributed by atoms with Crippen molar-refractivity contribution in [3.63, 3.8) is 0 Å². The molecule has 2 atom stereocenters. The Balaban J connectivity index is 1.64. The molecule has 6 heteroatoms. The van der Waals surface area contributed by atoms with Gasteiger partial charge in [0.25, 0.3) is 0 Å². The molecule has 4 rings (SSSR count). The molecule has 4 bridgehead atoms. The Morgan fingerprint density at radius 1 is 1.20 bits per heavy atom. The number of halogens is 4. The SMILES string of the molecule is O=C(CC12CC3CC(CC(Br)(C3)C1)C2)NCC(F)(F)F. The highest BCUT2D eigenvalue weighted by molar-refractivity contribution is 9.10. The Morgan fingerprint density at radius 3 is 2.30 bits per heavy atom. The van der Waals surface area contributed by atoms with Gasteiger partial charge in [-0.25, -0.2) is 0 Å². The quantitative estimate of drug-likeness (QED) is 0.768.